The van der Waals surface area contributed by atoms with E-state index in [1.807, 2.05) is 48.5 Å². The van der Waals surface area contributed by atoms with E-state index < -0.39 is 0 Å². The summed E-state index contributed by atoms with van der Waals surface area (Å²) in [6, 6.07) is 17.5. The van der Waals surface area contributed by atoms with Gasteiger partial charge in [-0.2, -0.15) is 0 Å². The number of rotatable bonds is 3. The van der Waals surface area contributed by atoms with Gasteiger partial charge in [-0.1, -0.05) is 54.6 Å². The Labute approximate surface area is 135 Å². The van der Waals surface area contributed by atoms with Gasteiger partial charge < -0.3 is 4.90 Å². The normalized spacial score (nSPS) is 19.7. The summed E-state index contributed by atoms with van der Waals surface area (Å²) >= 11 is 0. The van der Waals surface area contributed by atoms with Crippen molar-refractivity contribution in [3.63, 3.8) is 0 Å². The minimum absolute atomic E-state index is 0.0552. The Morgan fingerprint density at radius 1 is 0.913 bits per heavy atom. The number of urea groups is 1. The molecule has 2 heterocycles. The van der Waals surface area contributed by atoms with Gasteiger partial charge >= 0.3 is 6.03 Å². The smallest absolute Gasteiger partial charge is 0.308 e. The predicted octanol–water partition coefficient (Wildman–Crippen LogP) is 2.62. The number of carbonyl (C=O) groups excluding carboxylic acids is 2. The van der Waals surface area contributed by atoms with E-state index >= 15 is 0 Å². The Kier molecular flexibility index (Phi) is 3.37. The van der Waals surface area contributed by atoms with Crippen molar-refractivity contribution in [2.45, 2.75) is 25.4 Å². The molecule has 1 atom stereocenters. The van der Waals surface area contributed by atoms with E-state index in [9.17, 15) is 9.59 Å². The standard InChI is InChI=1S/C19H18N2O2/c22-18-17-12-15-8-4-5-9-16(15)13-21(17)19(23)20(18)11-10-14-6-2-1-3-7-14/h1-9,17H,10-13H2/t17-/m1/s1. The highest BCUT2D eigenvalue weighted by Gasteiger charge is 2.46. The maximum Gasteiger partial charge on any atom is 0.327 e. The van der Waals surface area contributed by atoms with Gasteiger partial charge in [-0.25, -0.2) is 4.79 Å². The van der Waals surface area contributed by atoms with Gasteiger partial charge in [0.1, 0.15) is 6.04 Å². The van der Waals surface area contributed by atoms with Crippen LogP contribution in [0, 0.1) is 0 Å². The topological polar surface area (TPSA) is 40.6 Å². The van der Waals surface area contributed by atoms with Crippen LogP contribution < -0.4 is 0 Å². The molecule has 2 aliphatic heterocycles. The molecule has 4 heteroatoms. The molecule has 23 heavy (non-hydrogen) atoms. The Bertz CT molecular complexity index is 714. The number of nitrogens with zero attached hydrogens (tertiary/aromatic N) is 2. The van der Waals surface area contributed by atoms with Crippen molar-refractivity contribution >= 4 is 11.9 Å². The Balaban J connectivity index is 1.52. The van der Waals surface area contributed by atoms with Crippen LogP contribution in [0.3, 0.4) is 0 Å². The van der Waals surface area contributed by atoms with Crippen molar-refractivity contribution in [3.8, 4) is 0 Å². The van der Waals surface area contributed by atoms with Gasteiger partial charge in [0, 0.05) is 19.5 Å². The quantitative estimate of drug-likeness (QED) is 0.818. The summed E-state index contributed by atoms with van der Waals surface area (Å²) in [6.45, 7) is 0.984. The zero-order valence-electron chi connectivity index (χ0n) is 12.8. The number of fused-ring (bicyclic) bond motifs is 2. The summed E-state index contributed by atoms with van der Waals surface area (Å²) in [5, 5.41) is 0. The van der Waals surface area contributed by atoms with E-state index in [0.29, 0.717) is 25.9 Å². The average Bonchev–Trinajstić information content (AvgIpc) is 2.83. The first kappa shape index (κ1) is 14.0. The molecule has 2 aromatic rings. The fourth-order valence-corrected chi connectivity index (χ4v) is 3.47. The van der Waals surface area contributed by atoms with Crippen LogP contribution in [0.1, 0.15) is 16.7 Å². The number of hydrogen-bond acceptors (Lipinski definition) is 2. The van der Waals surface area contributed by atoms with Crippen LogP contribution in [0.4, 0.5) is 4.79 Å². The molecule has 4 rings (SSSR count). The molecule has 0 unspecified atom stereocenters. The number of hydrogen-bond donors (Lipinski definition) is 0. The molecule has 0 spiro atoms. The molecule has 0 N–H and O–H groups in total. The monoisotopic (exact) mass is 306 g/mol. The SMILES string of the molecule is O=C1[C@H]2Cc3ccccc3CN2C(=O)N1CCc1ccccc1. The molecule has 3 amide bonds. The van der Waals surface area contributed by atoms with Crippen molar-refractivity contribution in [1.82, 2.24) is 9.80 Å². The molecule has 2 aliphatic rings. The lowest BCUT2D eigenvalue weighted by atomic mass is 9.95. The van der Waals surface area contributed by atoms with Gasteiger partial charge in [0.05, 0.1) is 0 Å². The van der Waals surface area contributed by atoms with Crippen LogP contribution in [-0.4, -0.2) is 34.3 Å². The molecule has 1 saturated heterocycles. The van der Waals surface area contributed by atoms with Crippen molar-refractivity contribution in [2.75, 3.05) is 6.54 Å². The van der Waals surface area contributed by atoms with E-state index in [-0.39, 0.29) is 18.0 Å². The van der Waals surface area contributed by atoms with Crippen LogP contribution in [0.15, 0.2) is 54.6 Å². The third-order valence-electron chi connectivity index (χ3n) is 4.74. The minimum atomic E-state index is -0.326. The predicted molar refractivity (Wildman–Crippen MR) is 86.7 cm³/mol. The van der Waals surface area contributed by atoms with Crippen molar-refractivity contribution < 1.29 is 9.59 Å². The van der Waals surface area contributed by atoms with E-state index in [2.05, 4.69) is 6.07 Å². The van der Waals surface area contributed by atoms with Crippen LogP contribution in [-0.2, 0) is 24.2 Å². The minimum Gasteiger partial charge on any atom is -0.308 e. The lowest BCUT2D eigenvalue weighted by Crippen LogP contribution is -2.39. The molecule has 0 aromatic heterocycles. The van der Waals surface area contributed by atoms with Crippen LogP contribution in [0.25, 0.3) is 0 Å². The number of imide groups is 1. The first-order valence-corrected chi connectivity index (χ1v) is 7.97. The molecular formula is C19H18N2O2. The summed E-state index contributed by atoms with van der Waals surface area (Å²) in [5.74, 6) is -0.0552. The van der Waals surface area contributed by atoms with Crippen molar-refractivity contribution in [1.29, 1.82) is 0 Å². The van der Waals surface area contributed by atoms with Gasteiger partial charge in [0.2, 0.25) is 0 Å². The van der Waals surface area contributed by atoms with Crippen molar-refractivity contribution in [2.24, 2.45) is 0 Å². The van der Waals surface area contributed by atoms with Crippen LogP contribution in [0.2, 0.25) is 0 Å². The third kappa shape index (κ3) is 2.40. The lowest BCUT2D eigenvalue weighted by molar-refractivity contribution is -0.128. The van der Waals surface area contributed by atoms with Crippen LogP contribution in [0.5, 0.6) is 0 Å². The summed E-state index contributed by atoms with van der Waals surface area (Å²) in [7, 11) is 0. The Hall–Kier alpha value is -2.62. The maximum atomic E-state index is 12.6. The Morgan fingerprint density at radius 3 is 2.39 bits per heavy atom. The maximum absolute atomic E-state index is 12.6. The highest BCUT2D eigenvalue weighted by Crippen LogP contribution is 2.29. The molecule has 0 saturated carbocycles. The second-order valence-electron chi connectivity index (χ2n) is 6.12. The van der Waals surface area contributed by atoms with E-state index in [4.69, 9.17) is 0 Å². The molecule has 4 nitrogen and oxygen atoms in total. The summed E-state index contributed by atoms with van der Waals surface area (Å²) in [4.78, 5) is 28.4. The van der Waals surface area contributed by atoms with Gasteiger partial charge in [-0.05, 0) is 23.1 Å². The number of benzene rings is 2. The molecular weight excluding hydrogens is 288 g/mol. The second-order valence-corrected chi connectivity index (χ2v) is 6.12. The average molecular weight is 306 g/mol. The molecule has 1 fully saturated rings. The first-order chi connectivity index (χ1) is 11.2. The Morgan fingerprint density at radius 2 is 1.61 bits per heavy atom. The molecule has 0 radical (unpaired) electrons. The first-order valence-electron chi connectivity index (χ1n) is 7.97. The molecule has 0 aliphatic carbocycles. The second kappa shape index (κ2) is 5.54. The van der Waals surface area contributed by atoms with Gasteiger partial charge in [0.15, 0.2) is 0 Å². The van der Waals surface area contributed by atoms with E-state index in [1.165, 1.54) is 10.5 Å². The van der Waals surface area contributed by atoms with Gasteiger partial charge in [0.25, 0.3) is 5.91 Å². The van der Waals surface area contributed by atoms with Crippen LogP contribution >= 0.6 is 0 Å². The largest absolute Gasteiger partial charge is 0.327 e. The fourth-order valence-electron chi connectivity index (χ4n) is 3.47. The molecule has 0 bridgehead atoms. The zero-order valence-corrected chi connectivity index (χ0v) is 12.8. The van der Waals surface area contributed by atoms with E-state index in [0.717, 1.165) is 11.1 Å². The van der Waals surface area contributed by atoms with Gasteiger partial charge in [-0.15, -0.1) is 0 Å². The van der Waals surface area contributed by atoms with Crippen molar-refractivity contribution in [3.05, 3.63) is 71.3 Å². The number of carbonyl (C=O) groups is 2. The molecule has 2 aromatic carbocycles. The highest BCUT2D eigenvalue weighted by atomic mass is 16.2. The lowest BCUT2D eigenvalue weighted by Gasteiger charge is -2.28. The summed E-state index contributed by atoms with van der Waals surface area (Å²) < 4.78 is 0. The van der Waals surface area contributed by atoms with Gasteiger partial charge in [-0.3, -0.25) is 9.69 Å². The zero-order chi connectivity index (χ0) is 15.8. The fraction of sp³-hybridized carbons (Fsp3) is 0.263. The third-order valence-corrected chi connectivity index (χ3v) is 4.74. The number of amides is 3. The summed E-state index contributed by atoms with van der Waals surface area (Å²) in [6.07, 6.45) is 1.33. The molecule has 116 valence electrons. The highest BCUT2D eigenvalue weighted by molar-refractivity contribution is 6.04. The van der Waals surface area contributed by atoms with E-state index in [1.54, 1.807) is 4.90 Å². The summed E-state index contributed by atoms with van der Waals surface area (Å²) in [5.41, 5.74) is 3.47.